The average Bonchev–Trinajstić information content (AvgIpc) is 3.11. The van der Waals surface area contributed by atoms with Gasteiger partial charge in [0.05, 0.1) is 5.71 Å². The number of nitrogens with zero attached hydrogens (tertiary/aromatic N) is 1. The maximum absolute atomic E-state index is 12.7. The lowest BCUT2D eigenvalue weighted by atomic mass is 9.93. The van der Waals surface area contributed by atoms with Crippen LogP contribution >= 0.6 is 0 Å². The van der Waals surface area contributed by atoms with Crippen LogP contribution in [-0.4, -0.2) is 17.6 Å². The normalized spacial score (nSPS) is 14.3. The second-order valence-corrected chi connectivity index (χ2v) is 7.28. The molecule has 0 fully saturated rings. The molecule has 6 nitrogen and oxygen atoms in total. The Balaban J connectivity index is 1.56. The van der Waals surface area contributed by atoms with E-state index in [-0.39, 0.29) is 11.7 Å². The van der Waals surface area contributed by atoms with Crippen LogP contribution in [0.5, 0.6) is 5.75 Å². The van der Waals surface area contributed by atoms with Crippen molar-refractivity contribution >= 4 is 17.6 Å². The zero-order valence-electron chi connectivity index (χ0n) is 16.9. The number of benzene rings is 2. The summed E-state index contributed by atoms with van der Waals surface area (Å²) < 4.78 is 11.3. The zero-order valence-corrected chi connectivity index (χ0v) is 16.9. The van der Waals surface area contributed by atoms with Gasteiger partial charge in [-0.2, -0.15) is 5.10 Å². The van der Waals surface area contributed by atoms with E-state index < -0.39 is 5.97 Å². The van der Waals surface area contributed by atoms with Crippen LogP contribution in [0.2, 0.25) is 0 Å². The number of fused-ring (bicyclic) bond motifs is 1. The van der Waals surface area contributed by atoms with E-state index in [1.807, 2.05) is 32.0 Å². The van der Waals surface area contributed by atoms with Crippen molar-refractivity contribution in [2.45, 2.75) is 33.1 Å². The molecule has 30 heavy (non-hydrogen) atoms. The molecule has 1 heterocycles. The van der Waals surface area contributed by atoms with Gasteiger partial charge in [-0.05, 0) is 51.0 Å². The van der Waals surface area contributed by atoms with Gasteiger partial charge in [0, 0.05) is 23.1 Å². The summed E-state index contributed by atoms with van der Waals surface area (Å²) in [7, 11) is 0. The van der Waals surface area contributed by atoms with Gasteiger partial charge in [-0.3, -0.25) is 4.79 Å². The SMILES string of the molecule is Cc1ccc(OC(=O)c2oc3c(c2C)/C(=N/NC(=O)c2ccccc2)CCC3)cc1. The summed E-state index contributed by atoms with van der Waals surface area (Å²) in [5.74, 6) is 0.504. The molecule has 0 radical (unpaired) electrons. The number of nitrogens with one attached hydrogen (secondary N) is 1. The van der Waals surface area contributed by atoms with E-state index in [0.717, 1.165) is 17.5 Å². The first kappa shape index (κ1) is 19.6. The molecule has 3 aromatic rings. The van der Waals surface area contributed by atoms with Crippen LogP contribution in [0.3, 0.4) is 0 Å². The van der Waals surface area contributed by atoms with Gasteiger partial charge in [-0.15, -0.1) is 0 Å². The molecule has 1 N–H and O–H groups in total. The fourth-order valence-electron chi connectivity index (χ4n) is 3.51. The van der Waals surface area contributed by atoms with Crippen molar-refractivity contribution < 1.29 is 18.7 Å². The molecule has 0 spiro atoms. The van der Waals surface area contributed by atoms with E-state index in [1.165, 1.54) is 0 Å². The lowest BCUT2D eigenvalue weighted by molar-refractivity contribution is 0.0698. The van der Waals surface area contributed by atoms with Crippen LogP contribution in [-0.2, 0) is 6.42 Å². The van der Waals surface area contributed by atoms with Crippen LogP contribution in [0.25, 0.3) is 0 Å². The van der Waals surface area contributed by atoms with E-state index in [9.17, 15) is 9.59 Å². The quantitative estimate of drug-likeness (QED) is 0.393. The molecule has 152 valence electrons. The molecule has 1 aliphatic rings. The average molecular weight is 402 g/mol. The molecule has 0 unspecified atom stereocenters. The highest BCUT2D eigenvalue weighted by Crippen LogP contribution is 2.30. The van der Waals surface area contributed by atoms with E-state index in [2.05, 4.69) is 10.5 Å². The van der Waals surface area contributed by atoms with Crippen molar-refractivity contribution in [2.24, 2.45) is 5.10 Å². The Morgan fingerprint density at radius 2 is 1.73 bits per heavy atom. The van der Waals surface area contributed by atoms with Gasteiger partial charge < -0.3 is 9.15 Å². The highest BCUT2D eigenvalue weighted by Gasteiger charge is 2.29. The molecule has 0 saturated carbocycles. The largest absolute Gasteiger partial charge is 0.453 e. The maximum Gasteiger partial charge on any atom is 0.379 e. The molecule has 1 aromatic heterocycles. The number of esters is 1. The van der Waals surface area contributed by atoms with Gasteiger partial charge in [-0.25, -0.2) is 10.2 Å². The van der Waals surface area contributed by atoms with E-state index in [0.29, 0.717) is 41.2 Å². The second-order valence-electron chi connectivity index (χ2n) is 7.28. The van der Waals surface area contributed by atoms with Gasteiger partial charge in [0.2, 0.25) is 5.76 Å². The molecule has 4 rings (SSSR count). The molecular formula is C24H22N2O4. The lowest BCUT2D eigenvalue weighted by Crippen LogP contribution is -2.22. The van der Waals surface area contributed by atoms with Gasteiger partial charge in [0.1, 0.15) is 11.5 Å². The van der Waals surface area contributed by atoms with Gasteiger partial charge in [0.25, 0.3) is 5.91 Å². The van der Waals surface area contributed by atoms with Gasteiger partial charge in [0.15, 0.2) is 0 Å². The third-order valence-electron chi connectivity index (χ3n) is 5.07. The Morgan fingerprint density at radius 3 is 2.47 bits per heavy atom. The number of rotatable bonds is 4. The minimum Gasteiger partial charge on any atom is -0.453 e. The minimum absolute atomic E-state index is 0.171. The first-order valence-electron chi connectivity index (χ1n) is 9.86. The second kappa shape index (κ2) is 8.37. The van der Waals surface area contributed by atoms with Crippen molar-refractivity contribution in [1.82, 2.24) is 5.43 Å². The zero-order chi connectivity index (χ0) is 21.1. The molecule has 2 aromatic carbocycles. The maximum atomic E-state index is 12.7. The Hall–Kier alpha value is -3.67. The van der Waals surface area contributed by atoms with Gasteiger partial charge in [-0.1, -0.05) is 35.9 Å². The number of aryl methyl sites for hydroxylation is 2. The van der Waals surface area contributed by atoms with Crippen molar-refractivity contribution in [2.75, 3.05) is 0 Å². The predicted molar refractivity (Wildman–Crippen MR) is 113 cm³/mol. The first-order chi connectivity index (χ1) is 14.5. The van der Waals surface area contributed by atoms with Crippen LogP contribution in [0, 0.1) is 13.8 Å². The summed E-state index contributed by atoms with van der Waals surface area (Å²) in [5.41, 5.74) is 6.39. The summed E-state index contributed by atoms with van der Waals surface area (Å²) in [6.45, 7) is 3.78. The minimum atomic E-state index is -0.543. The number of hydrogen-bond donors (Lipinski definition) is 1. The summed E-state index contributed by atoms with van der Waals surface area (Å²) in [6.07, 6.45) is 2.22. The fourth-order valence-corrected chi connectivity index (χ4v) is 3.51. The van der Waals surface area contributed by atoms with Gasteiger partial charge >= 0.3 is 5.97 Å². The molecule has 0 atom stereocenters. The van der Waals surface area contributed by atoms with E-state index >= 15 is 0 Å². The predicted octanol–water partition coefficient (Wildman–Crippen LogP) is 4.59. The standard InChI is InChI=1S/C24H22N2O4/c1-15-11-13-18(14-12-15)29-24(28)22-16(2)21-19(9-6-10-20(21)30-22)25-26-23(27)17-7-4-3-5-8-17/h3-5,7-8,11-14H,6,9-10H2,1-2H3,(H,26,27)/b25-19+. The summed E-state index contributed by atoms with van der Waals surface area (Å²) >= 11 is 0. The van der Waals surface area contributed by atoms with Crippen molar-refractivity contribution in [3.63, 3.8) is 0 Å². The number of furan rings is 1. The lowest BCUT2D eigenvalue weighted by Gasteiger charge is -2.13. The third kappa shape index (κ3) is 4.03. The first-order valence-corrected chi connectivity index (χ1v) is 9.86. The smallest absolute Gasteiger partial charge is 0.379 e. The van der Waals surface area contributed by atoms with Crippen molar-refractivity contribution in [3.05, 3.63) is 88.4 Å². The van der Waals surface area contributed by atoms with Crippen LogP contribution in [0.4, 0.5) is 0 Å². The number of hydrogen-bond acceptors (Lipinski definition) is 5. The van der Waals surface area contributed by atoms with Crippen LogP contribution in [0.1, 0.15) is 56.2 Å². The Bertz CT molecular complexity index is 1110. The van der Waals surface area contributed by atoms with Crippen LogP contribution < -0.4 is 10.2 Å². The Labute approximate surface area is 174 Å². The van der Waals surface area contributed by atoms with E-state index in [1.54, 1.807) is 36.4 Å². The monoisotopic (exact) mass is 402 g/mol. The van der Waals surface area contributed by atoms with Crippen molar-refractivity contribution in [3.8, 4) is 5.75 Å². The molecule has 0 aliphatic heterocycles. The third-order valence-corrected chi connectivity index (χ3v) is 5.07. The number of hydrazone groups is 1. The molecule has 6 heteroatoms. The van der Waals surface area contributed by atoms with Crippen LogP contribution in [0.15, 0.2) is 64.1 Å². The number of amides is 1. The Morgan fingerprint density at radius 1 is 1.00 bits per heavy atom. The molecular weight excluding hydrogens is 380 g/mol. The Kier molecular flexibility index (Phi) is 5.48. The molecule has 1 aliphatic carbocycles. The number of carbonyl (C=O) groups is 2. The van der Waals surface area contributed by atoms with E-state index in [4.69, 9.17) is 9.15 Å². The highest BCUT2D eigenvalue weighted by atomic mass is 16.5. The number of ether oxygens (including phenoxy) is 1. The topological polar surface area (TPSA) is 80.9 Å². The summed E-state index contributed by atoms with van der Waals surface area (Å²) in [5, 5.41) is 4.33. The number of carbonyl (C=O) groups excluding carboxylic acids is 2. The highest BCUT2D eigenvalue weighted by molar-refractivity contribution is 6.06. The van der Waals surface area contributed by atoms with Crippen molar-refractivity contribution in [1.29, 1.82) is 0 Å². The molecule has 0 saturated heterocycles. The summed E-state index contributed by atoms with van der Waals surface area (Å²) in [6, 6.07) is 16.1. The molecule has 0 bridgehead atoms. The summed E-state index contributed by atoms with van der Waals surface area (Å²) in [4.78, 5) is 25.0. The fraction of sp³-hybridized carbons (Fsp3) is 0.208. The molecule has 1 amide bonds.